The number of H-pyrrole nitrogens is 1. The number of hydrogen-bond acceptors (Lipinski definition) is 4. The summed E-state index contributed by atoms with van der Waals surface area (Å²) in [6, 6.07) is 7.42. The molecule has 1 N–H and O–H groups in total. The number of hydrogen-bond donors (Lipinski definition) is 1. The molecule has 128 valence electrons. The van der Waals surface area contributed by atoms with Crippen LogP contribution in [-0.4, -0.2) is 28.2 Å². The largest absolute Gasteiger partial charge is 0.332 e. The Labute approximate surface area is 140 Å². The highest BCUT2D eigenvalue weighted by Gasteiger charge is 2.14. The highest BCUT2D eigenvalue weighted by Crippen LogP contribution is 2.10. The molecule has 0 radical (unpaired) electrons. The van der Waals surface area contributed by atoms with E-state index in [0.29, 0.717) is 24.3 Å². The Morgan fingerprint density at radius 2 is 1.80 bits per heavy atom. The zero-order chi connectivity index (χ0) is 17.7. The van der Waals surface area contributed by atoms with Gasteiger partial charge in [-0.15, -0.1) is 0 Å². The quantitative estimate of drug-likeness (QED) is 0.557. The summed E-state index contributed by atoms with van der Waals surface area (Å²) in [5.41, 5.74) is 1.22. The van der Waals surface area contributed by atoms with Crippen molar-refractivity contribution >= 4 is 22.2 Å². The molecule has 9 nitrogen and oxygen atoms in total. The smallest absolute Gasteiger partial charge is 0.323 e. The van der Waals surface area contributed by atoms with E-state index in [1.54, 1.807) is 16.2 Å². The second-order valence-electron chi connectivity index (χ2n) is 5.91. The van der Waals surface area contributed by atoms with E-state index < -0.39 is 11.2 Å². The summed E-state index contributed by atoms with van der Waals surface area (Å²) < 4.78 is 5.68. The van der Waals surface area contributed by atoms with Gasteiger partial charge in [-0.25, -0.2) is 14.6 Å². The number of para-hydroxylation sites is 2. The Morgan fingerprint density at radius 3 is 2.60 bits per heavy atom. The van der Waals surface area contributed by atoms with Crippen molar-refractivity contribution in [2.75, 3.05) is 0 Å². The van der Waals surface area contributed by atoms with Gasteiger partial charge in [-0.2, -0.15) is 0 Å². The summed E-state index contributed by atoms with van der Waals surface area (Å²) in [7, 11) is 3.01. The molecule has 25 heavy (non-hydrogen) atoms. The highest BCUT2D eigenvalue weighted by atomic mass is 16.2. The average Bonchev–Trinajstić information content (AvgIpc) is 3.17. The molecule has 0 spiro atoms. The molecular formula is C16H16N6O3. The normalized spacial score (nSPS) is 11.6. The van der Waals surface area contributed by atoms with E-state index in [1.807, 2.05) is 24.3 Å². The summed E-state index contributed by atoms with van der Waals surface area (Å²) in [5.74, 6) is 0. The van der Waals surface area contributed by atoms with Gasteiger partial charge in [-0.05, 0) is 12.1 Å². The molecule has 0 atom stereocenters. The number of rotatable bonds is 3. The number of benzene rings is 1. The summed E-state index contributed by atoms with van der Waals surface area (Å²) in [4.78, 5) is 43.6. The van der Waals surface area contributed by atoms with Gasteiger partial charge in [0.1, 0.15) is 0 Å². The Balaban J connectivity index is 1.80. The van der Waals surface area contributed by atoms with Crippen LogP contribution in [0.1, 0.15) is 0 Å². The van der Waals surface area contributed by atoms with E-state index in [-0.39, 0.29) is 5.69 Å². The van der Waals surface area contributed by atoms with Gasteiger partial charge in [0.25, 0.3) is 5.56 Å². The van der Waals surface area contributed by atoms with Crippen LogP contribution in [0.5, 0.6) is 0 Å². The predicted molar refractivity (Wildman–Crippen MR) is 92.8 cm³/mol. The maximum Gasteiger partial charge on any atom is 0.332 e. The van der Waals surface area contributed by atoms with Gasteiger partial charge >= 0.3 is 11.4 Å². The molecule has 3 heterocycles. The van der Waals surface area contributed by atoms with Gasteiger partial charge in [0.2, 0.25) is 0 Å². The van der Waals surface area contributed by atoms with Crippen molar-refractivity contribution < 1.29 is 0 Å². The van der Waals surface area contributed by atoms with E-state index in [4.69, 9.17) is 0 Å². The average molecular weight is 340 g/mol. The van der Waals surface area contributed by atoms with Crippen molar-refractivity contribution in [1.29, 1.82) is 0 Å². The Hall–Kier alpha value is -3.36. The second-order valence-corrected chi connectivity index (χ2v) is 5.91. The van der Waals surface area contributed by atoms with Gasteiger partial charge < -0.3 is 9.55 Å². The van der Waals surface area contributed by atoms with Crippen LogP contribution in [0.15, 0.2) is 45.0 Å². The van der Waals surface area contributed by atoms with Crippen LogP contribution >= 0.6 is 0 Å². The number of aromatic nitrogens is 6. The summed E-state index contributed by atoms with van der Waals surface area (Å²) in [6.45, 7) is 0.756. The third kappa shape index (κ3) is 2.16. The molecule has 0 saturated heterocycles. The minimum Gasteiger partial charge on any atom is -0.323 e. The van der Waals surface area contributed by atoms with E-state index in [1.165, 1.54) is 17.9 Å². The van der Waals surface area contributed by atoms with Crippen LogP contribution in [-0.2, 0) is 27.2 Å². The van der Waals surface area contributed by atoms with Crippen LogP contribution < -0.4 is 16.9 Å². The predicted octanol–water partition coefficient (Wildman–Crippen LogP) is -0.223. The van der Waals surface area contributed by atoms with Crippen molar-refractivity contribution in [3.05, 3.63) is 61.9 Å². The minimum atomic E-state index is -0.421. The van der Waals surface area contributed by atoms with Crippen molar-refractivity contribution in [1.82, 2.24) is 28.2 Å². The lowest BCUT2D eigenvalue weighted by molar-refractivity contribution is 0.584. The molecule has 3 aromatic heterocycles. The van der Waals surface area contributed by atoms with Gasteiger partial charge in [0.15, 0.2) is 11.2 Å². The molecule has 0 aliphatic heterocycles. The maximum atomic E-state index is 12.4. The molecular weight excluding hydrogens is 324 g/mol. The van der Waals surface area contributed by atoms with Crippen molar-refractivity contribution in [3.63, 3.8) is 0 Å². The molecule has 0 unspecified atom stereocenters. The van der Waals surface area contributed by atoms with Gasteiger partial charge in [0.05, 0.1) is 17.4 Å². The van der Waals surface area contributed by atoms with Gasteiger partial charge in [0, 0.05) is 27.2 Å². The lowest BCUT2D eigenvalue weighted by atomic mass is 10.3. The van der Waals surface area contributed by atoms with E-state index >= 15 is 0 Å². The maximum absolute atomic E-state index is 12.4. The second kappa shape index (κ2) is 5.33. The molecule has 9 heteroatoms. The lowest BCUT2D eigenvalue weighted by Gasteiger charge is -2.07. The first-order chi connectivity index (χ1) is 12.0. The minimum absolute atomic E-state index is 0.203. The molecule has 1 aromatic carbocycles. The van der Waals surface area contributed by atoms with Gasteiger partial charge in [-0.1, -0.05) is 12.1 Å². The Morgan fingerprint density at radius 1 is 1.04 bits per heavy atom. The van der Waals surface area contributed by atoms with E-state index in [9.17, 15) is 14.4 Å². The fraction of sp³-hybridized carbons (Fsp3) is 0.250. The fourth-order valence-electron chi connectivity index (χ4n) is 3.10. The van der Waals surface area contributed by atoms with E-state index in [2.05, 4.69) is 9.97 Å². The summed E-state index contributed by atoms with van der Waals surface area (Å²) in [5, 5.41) is 0. The van der Waals surface area contributed by atoms with Crippen LogP contribution in [0.3, 0.4) is 0 Å². The Bertz CT molecular complexity index is 1280. The molecule has 0 bridgehead atoms. The first kappa shape index (κ1) is 15.2. The van der Waals surface area contributed by atoms with Crippen LogP contribution in [0.25, 0.3) is 22.2 Å². The number of fused-ring (bicyclic) bond motifs is 2. The van der Waals surface area contributed by atoms with Crippen LogP contribution in [0, 0.1) is 0 Å². The zero-order valence-electron chi connectivity index (χ0n) is 13.8. The summed E-state index contributed by atoms with van der Waals surface area (Å²) >= 11 is 0. The number of nitrogens with zero attached hydrogens (tertiary/aromatic N) is 5. The molecule has 0 fully saturated rings. The summed E-state index contributed by atoms with van der Waals surface area (Å²) in [6.07, 6.45) is 1.52. The van der Waals surface area contributed by atoms with Crippen molar-refractivity contribution in [2.45, 2.75) is 13.1 Å². The molecule has 4 rings (SSSR count). The van der Waals surface area contributed by atoms with Crippen LogP contribution in [0.4, 0.5) is 0 Å². The molecule has 4 aromatic rings. The number of aromatic amines is 1. The topological polar surface area (TPSA) is 99.6 Å². The highest BCUT2D eigenvalue weighted by molar-refractivity contribution is 5.75. The number of imidazole rings is 2. The van der Waals surface area contributed by atoms with Crippen LogP contribution in [0.2, 0.25) is 0 Å². The SMILES string of the molecule is Cn1c(=O)c2c(ncn2CCn2c(=O)[nH]c3ccccc32)n(C)c1=O. The Kier molecular flexibility index (Phi) is 3.24. The zero-order valence-corrected chi connectivity index (χ0v) is 13.8. The number of aryl methyl sites for hydroxylation is 3. The first-order valence-corrected chi connectivity index (χ1v) is 7.77. The van der Waals surface area contributed by atoms with E-state index in [0.717, 1.165) is 15.6 Å². The third-order valence-corrected chi connectivity index (χ3v) is 4.46. The monoisotopic (exact) mass is 340 g/mol. The third-order valence-electron chi connectivity index (χ3n) is 4.46. The first-order valence-electron chi connectivity index (χ1n) is 7.77. The van der Waals surface area contributed by atoms with Gasteiger partial charge in [-0.3, -0.25) is 18.5 Å². The molecule has 0 aliphatic rings. The fourth-order valence-corrected chi connectivity index (χ4v) is 3.10. The molecule has 0 aliphatic carbocycles. The lowest BCUT2D eigenvalue weighted by Crippen LogP contribution is -2.37. The van der Waals surface area contributed by atoms with Crippen molar-refractivity contribution in [2.24, 2.45) is 14.1 Å². The van der Waals surface area contributed by atoms with Crippen molar-refractivity contribution in [3.8, 4) is 0 Å². The standard InChI is InChI=1S/C16H16N6O3/c1-19-13-12(14(23)20(2)16(19)25)21(9-17-13)7-8-22-11-6-4-3-5-10(11)18-15(22)24/h3-6,9H,7-8H2,1-2H3,(H,18,24). The molecule has 0 saturated carbocycles. The molecule has 0 amide bonds. The number of nitrogens with one attached hydrogen (secondary N) is 1.